The maximum absolute atomic E-state index is 5.67. The molecule has 1 aliphatic rings. The number of nitrogens with zero attached hydrogens (tertiary/aromatic N) is 5. The van der Waals surface area contributed by atoms with Crippen molar-refractivity contribution in [1.29, 1.82) is 0 Å². The molecule has 4 heterocycles. The Morgan fingerprint density at radius 3 is 2.92 bits per heavy atom. The molecule has 0 radical (unpaired) electrons. The van der Waals surface area contributed by atoms with Crippen LogP contribution in [0.25, 0.3) is 22.3 Å². The molecule has 25 heavy (non-hydrogen) atoms. The lowest BCUT2D eigenvalue weighted by molar-refractivity contribution is 0.121. The van der Waals surface area contributed by atoms with E-state index < -0.39 is 0 Å². The third kappa shape index (κ3) is 3.16. The van der Waals surface area contributed by atoms with E-state index in [9.17, 15) is 0 Å². The van der Waals surface area contributed by atoms with Gasteiger partial charge in [0.25, 0.3) is 0 Å². The Labute approximate surface area is 145 Å². The van der Waals surface area contributed by atoms with Crippen molar-refractivity contribution in [2.75, 3.05) is 25.1 Å². The quantitative estimate of drug-likeness (QED) is 0.776. The molecule has 1 fully saturated rings. The zero-order chi connectivity index (χ0) is 17.2. The van der Waals surface area contributed by atoms with Crippen LogP contribution in [0.2, 0.25) is 0 Å². The number of anilines is 1. The predicted octanol–water partition coefficient (Wildman–Crippen LogP) is 1.77. The van der Waals surface area contributed by atoms with Gasteiger partial charge in [0.05, 0.1) is 35.4 Å². The van der Waals surface area contributed by atoms with Crippen LogP contribution in [0, 0.1) is 0 Å². The van der Waals surface area contributed by atoms with Gasteiger partial charge in [-0.05, 0) is 24.6 Å². The van der Waals surface area contributed by atoms with Crippen molar-refractivity contribution in [3.63, 3.8) is 0 Å². The maximum atomic E-state index is 5.67. The first-order valence-electron chi connectivity index (χ1n) is 8.33. The fourth-order valence-electron chi connectivity index (χ4n) is 3.07. The van der Waals surface area contributed by atoms with Crippen molar-refractivity contribution in [3.8, 4) is 11.4 Å². The van der Waals surface area contributed by atoms with Crippen molar-refractivity contribution in [2.24, 2.45) is 5.73 Å². The van der Waals surface area contributed by atoms with Crippen molar-refractivity contribution in [2.45, 2.75) is 19.1 Å². The first kappa shape index (κ1) is 15.9. The summed E-state index contributed by atoms with van der Waals surface area (Å²) in [5.74, 6) is 0.858. The fourth-order valence-corrected chi connectivity index (χ4v) is 3.07. The molecule has 1 atom stereocenters. The molecule has 0 aliphatic carbocycles. The molecule has 0 bridgehead atoms. The molecule has 0 spiro atoms. The number of nitrogens with two attached hydrogens (primary N) is 1. The molecule has 1 aliphatic heterocycles. The van der Waals surface area contributed by atoms with Gasteiger partial charge in [-0.2, -0.15) is 0 Å². The van der Waals surface area contributed by atoms with Crippen LogP contribution in [0.3, 0.4) is 0 Å². The van der Waals surface area contributed by atoms with Gasteiger partial charge in [-0.3, -0.25) is 9.97 Å². The average molecular weight is 336 g/mol. The van der Waals surface area contributed by atoms with E-state index in [2.05, 4.69) is 14.9 Å². The molecule has 1 saturated heterocycles. The van der Waals surface area contributed by atoms with Crippen molar-refractivity contribution < 1.29 is 4.74 Å². The highest BCUT2D eigenvalue weighted by atomic mass is 16.5. The number of fused-ring (bicyclic) bond motifs is 1. The monoisotopic (exact) mass is 336 g/mol. The van der Waals surface area contributed by atoms with Gasteiger partial charge in [0.15, 0.2) is 0 Å². The van der Waals surface area contributed by atoms with Crippen LogP contribution in [0.15, 0.2) is 36.8 Å². The molecular weight excluding hydrogens is 316 g/mol. The smallest absolute Gasteiger partial charge is 0.147 e. The lowest BCUT2D eigenvalue weighted by Crippen LogP contribution is -2.23. The number of methoxy groups -OCH3 is 1. The minimum atomic E-state index is 0.256. The summed E-state index contributed by atoms with van der Waals surface area (Å²) in [7, 11) is 1.75. The molecule has 2 N–H and O–H groups in total. The lowest BCUT2D eigenvalue weighted by Gasteiger charge is -2.17. The largest absolute Gasteiger partial charge is 0.380 e. The summed E-state index contributed by atoms with van der Waals surface area (Å²) in [5.41, 5.74) is 8.90. The van der Waals surface area contributed by atoms with Gasteiger partial charge in [0.1, 0.15) is 11.5 Å². The molecule has 0 saturated carbocycles. The van der Waals surface area contributed by atoms with Crippen molar-refractivity contribution in [1.82, 2.24) is 19.9 Å². The van der Waals surface area contributed by atoms with E-state index in [1.807, 2.05) is 18.2 Å². The molecule has 7 heteroatoms. The van der Waals surface area contributed by atoms with Crippen molar-refractivity contribution in [3.05, 3.63) is 42.5 Å². The second-order valence-corrected chi connectivity index (χ2v) is 6.12. The molecule has 0 amide bonds. The van der Waals surface area contributed by atoms with Crippen LogP contribution in [0.4, 0.5) is 5.82 Å². The van der Waals surface area contributed by atoms with E-state index >= 15 is 0 Å². The average Bonchev–Trinajstić information content (AvgIpc) is 3.16. The summed E-state index contributed by atoms with van der Waals surface area (Å²) in [6.45, 7) is 2.16. The van der Waals surface area contributed by atoms with Gasteiger partial charge in [0, 0.05) is 38.3 Å². The van der Waals surface area contributed by atoms with Crippen LogP contribution in [0.5, 0.6) is 0 Å². The van der Waals surface area contributed by atoms with E-state index in [0.717, 1.165) is 53.3 Å². The number of hydrogen-bond donors (Lipinski definition) is 1. The molecule has 7 nitrogen and oxygen atoms in total. The van der Waals surface area contributed by atoms with E-state index in [1.165, 1.54) is 0 Å². The third-order valence-corrected chi connectivity index (χ3v) is 4.53. The molecular formula is C18H20N6O. The van der Waals surface area contributed by atoms with Crippen LogP contribution < -0.4 is 10.6 Å². The Balaban J connectivity index is 1.67. The van der Waals surface area contributed by atoms with E-state index in [1.54, 1.807) is 25.7 Å². The molecule has 1 unspecified atom stereocenters. The van der Waals surface area contributed by atoms with Gasteiger partial charge in [-0.15, -0.1) is 0 Å². The summed E-state index contributed by atoms with van der Waals surface area (Å²) in [6, 6.07) is 5.86. The Morgan fingerprint density at radius 2 is 2.12 bits per heavy atom. The van der Waals surface area contributed by atoms with Gasteiger partial charge < -0.3 is 15.4 Å². The van der Waals surface area contributed by atoms with E-state index in [4.69, 9.17) is 20.4 Å². The Kier molecular flexibility index (Phi) is 4.25. The van der Waals surface area contributed by atoms with Gasteiger partial charge in [-0.25, -0.2) is 9.97 Å². The number of rotatable bonds is 4. The summed E-state index contributed by atoms with van der Waals surface area (Å²) in [4.78, 5) is 20.3. The predicted molar refractivity (Wildman–Crippen MR) is 96.1 cm³/mol. The highest BCUT2D eigenvalue weighted by molar-refractivity contribution is 5.80. The zero-order valence-corrected chi connectivity index (χ0v) is 14.1. The van der Waals surface area contributed by atoms with Gasteiger partial charge in [-0.1, -0.05) is 0 Å². The zero-order valence-electron chi connectivity index (χ0n) is 14.1. The Hall–Kier alpha value is -2.64. The highest BCUT2D eigenvalue weighted by Gasteiger charge is 2.23. The van der Waals surface area contributed by atoms with E-state index in [0.29, 0.717) is 6.54 Å². The molecule has 0 aromatic carbocycles. The molecule has 128 valence electrons. The Bertz CT molecular complexity index is 900. The van der Waals surface area contributed by atoms with Crippen LogP contribution >= 0.6 is 0 Å². The summed E-state index contributed by atoms with van der Waals surface area (Å²) in [5, 5.41) is 0.979. The SMILES string of the molecule is COC1CCN(c2cncc(-c3ccc4cnc(CN)cc4n3)n2)C1. The van der Waals surface area contributed by atoms with Crippen LogP contribution in [0.1, 0.15) is 12.1 Å². The van der Waals surface area contributed by atoms with Crippen LogP contribution in [-0.2, 0) is 11.3 Å². The maximum Gasteiger partial charge on any atom is 0.147 e. The van der Waals surface area contributed by atoms with Gasteiger partial charge in [0.2, 0.25) is 0 Å². The standard InChI is InChI=1S/C18H20N6O/c1-25-14-4-5-24(11-14)18-10-20-9-17(23-18)15-3-2-12-8-21-13(7-19)6-16(12)22-15/h2-3,6,8-10,14H,4-5,7,11,19H2,1H3. The fraction of sp³-hybridized carbons (Fsp3) is 0.333. The second-order valence-electron chi connectivity index (χ2n) is 6.12. The number of aromatic nitrogens is 4. The molecule has 3 aromatic rings. The number of pyridine rings is 2. The second kappa shape index (κ2) is 6.70. The Morgan fingerprint density at radius 1 is 1.20 bits per heavy atom. The first-order chi connectivity index (χ1) is 12.3. The first-order valence-corrected chi connectivity index (χ1v) is 8.33. The molecule has 4 rings (SSSR count). The summed E-state index contributed by atoms with van der Waals surface area (Å²) >= 11 is 0. The summed E-state index contributed by atoms with van der Waals surface area (Å²) in [6.07, 6.45) is 6.59. The van der Waals surface area contributed by atoms with E-state index in [-0.39, 0.29) is 6.10 Å². The van der Waals surface area contributed by atoms with Crippen LogP contribution in [-0.4, -0.2) is 46.2 Å². The third-order valence-electron chi connectivity index (χ3n) is 4.53. The topological polar surface area (TPSA) is 90.0 Å². The minimum absolute atomic E-state index is 0.256. The number of hydrogen-bond acceptors (Lipinski definition) is 7. The van der Waals surface area contributed by atoms with Crippen molar-refractivity contribution >= 4 is 16.7 Å². The molecule has 3 aromatic heterocycles. The van der Waals surface area contributed by atoms with Gasteiger partial charge >= 0.3 is 0 Å². The number of ether oxygens (including phenoxy) is 1. The normalized spacial score (nSPS) is 17.4. The highest BCUT2D eigenvalue weighted by Crippen LogP contribution is 2.23. The lowest BCUT2D eigenvalue weighted by atomic mass is 10.2. The minimum Gasteiger partial charge on any atom is -0.380 e. The summed E-state index contributed by atoms with van der Waals surface area (Å²) < 4.78 is 5.43.